The van der Waals surface area contributed by atoms with E-state index in [4.69, 9.17) is 10.5 Å². The van der Waals surface area contributed by atoms with Crippen LogP contribution >= 0.6 is 0 Å². The second kappa shape index (κ2) is 5.56. The van der Waals surface area contributed by atoms with Crippen molar-refractivity contribution in [1.29, 1.82) is 0 Å². The summed E-state index contributed by atoms with van der Waals surface area (Å²) in [4.78, 5) is 8.81. The number of hydrogen-bond acceptors (Lipinski definition) is 4. The van der Waals surface area contributed by atoms with Gasteiger partial charge in [-0.25, -0.2) is 9.97 Å². The van der Waals surface area contributed by atoms with E-state index >= 15 is 0 Å². The average molecular weight is 235 g/mol. The molecule has 0 amide bonds. The lowest BCUT2D eigenvalue weighted by molar-refractivity contribution is 0.0771. The van der Waals surface area contributed by atoms with Crippen molar-refractivity contribution >= 4 is 0 Å². The Labute approximate surface area is 103 Å². The highest BCUT2D eigenvalue weighted by Gasteiger charge is 2.34. The summed E-state index contributed by atoms with van der Waals surface area (Å²) in [5.41, 5.74) is 7.01. The van der Waals surface area contributed by atoms with Gasteiger partial charge in [0.25, 0.3) is 0 Å². The lowest BCUT2D eigenvalue weighted by atomic mass is 10.1. The van der Waals surface area contributed by atoms with Gasteiger partial charge in [-0.15, -0.1) is 0 Å². The van der Waals surface area contributed by atoms with Gasteiger partial charge in [0.15, 0.2) is 5.82 Å². The molecule has 0 spiro atoms. The molecule has 4 nitrogen and oxygen atoms in total. The van der Waals surface area contributed by atoms with Crippen molar-refractivity contribution in [2.24, 2.45) is 11.7 Å². The van der Waals surface area contributed by atoms with Crippen molar-refractivity contribution in [3.05, 3.63) is 23.8 Å². The van der Waals surface area contributed by atoms with Crippen LogP contribution in [0.25, 0.3) is 0 Å². The minimum Gasteiger partial charge on any atom is -0.373 e. The Morgan fingerprint density at radius 3 is 2.53 bits per heavy atom. The molecule has 0 bridgehead atoms. The Hall–Kier alpha value is -1.00. The zero-order valence-electron chi connectivity index (χ0n) is 10.6. The van der Waals surface area contributed by atoms with Gasteiger partial charge in [-0.05, 0) is 37.2 Å². The quantitative estimate of drug-likeness (QED) is 0.817. The molecule has 1 aliphatic carbocycles. The summed E-state index contributed by atoms with van der Waals surface area (Å²) in [5, 5.41) is 0. The van der Waals surface area contributed by atoms with E-state index in [0.717, 1.165) is 24.2 Å². The van der Waals surface area contributed by atoms with Crippen LogP contribution in [0.5, 0.6) is 0 Å². The van der Waals surface area contributed by atoms with Gasteiger partial charge in [-0.2, -0.15) is 0 Å². The van der Waals surface area contributed by atoms with Gasteiger partial charge in [0, 0.05) is 25.5 Å². The largest absolute Gasteiger partial charge is 0.373 e. The maximum Gasteiger partial charge on any atom is 0.157 e. The summed E-state index contributed by atoms with van der Waals surface area (Å²) in [6, 6.07) is 0.200. The zero-order valence-corrected chi connectivity index (χ0v) is 10.6. The minimum atomic E-state index is 0.0731. The highest BCUT2D eigenvalue weighted by atomic mass is 16.5. The summed E-state index contributed by atoms with van der Waals surface area (Å²) in [6.07, 6.45) is 8.11. The van der Waals surface area contributed by atoms with Crippen molar-refractivity contribution in [3.8, 4) is 0 Å². The maximum atomic E-state index is 5.91. The molecular formula is C13H21N3O. The molecule has 1 aliphatic rings. The molecule has 0 saturated heterocycles. The fourth-order valence-electron chi connectivity index (χ4n) is 1.97. The lowest BCUT2D eigenvalue weighted by Crippen LogP contribution is -2.21. The Kier molecular flexibility index (Phi) is 4.07. The Morgan fingerprint density at radius 1 is 1.41 bits per heavy atom. The molecule has 1 aromatic heterocycles. The van der Waals surface area contributed by atoms with Gasteiger partial charge in [-0.3, -0.25) is 0 Å². The van der Waals surface area contributed by atoms with Crippen LogP contribution in [-0.2, 0) is 11.2 Å². The van der Waals surface area contributed by atoms with E-state index < -0.39 is 0 Å². The molecule has 17 heavy (non-hydrogen) atoms. The van der Waals surface area contributed by atoms with E-state index in [9.17, 15) is 0 Å². The topological polar surface area (TPSA) is 61.0 Å². The smallest absolute Gasteiger partial charge is 0.157 e. The van der Waals surface area contributed by atoms with E-state index in [2.05, 4.69) is 16.9 Å². The first-order valence-corrected chi connectivity index (χ1v) is 6.33. The van der Waals surface area contributed by atoms with E-state index in [0.29, 0.717) is 5.92 Å². The summed E-state index contributed by atoms with van der Waals surface area (Å²) in [7, 11) is 1.73. The second-order valence-electron chi connectivity index (χ2n) is 4.82. The maximum absolute atomic E-state index is 5.91. The molecule has 1 fully saturated rings. The molecule has 2 unspecified atom stereocenters. The fourth-order valence-corrected chi connectivity index (χ4v) is 1.97. The molecule has 2 rings (SSSR count). The first kappa shape index (κ1) is 12.5. The van der Waals surface area contributed by atoms with Crippen molar-refractivity contribution < 1.29 is 4.74 Å². The molecule has 0 aromatic carbocycles. The number of methoxy groups -OCH3 is 1. The Balaban J connectivity index is 2.01. The number of nitrogens with two attached hydrogens (primary N) is 1. The standard InChI is InChI=1S/C13H21N3O/c1-3-11(14)6-9-7-15-13(16-8-9)12(17-2)10-4-5-10/h7-8,10-12H,3-6,14H2,1-2H3. The van der Waals surface area contributed by atoms with Crippen LogP contribution in [0, 0.1) is 5.92 Å². The molecule has 1 saturated carbocycles. The highest BCUT2D eigenvalue weighted by Crippen LogP contribution is 2.41. The van der Waals surface area contributed by atoms with Crippen molar-refractivity contribution in [3.63, 3.8) is 0 Å². The molecule has 2 N–H and O–H groups in total. The minimum absolute atomic E-state index is 0.0731. The van der Waals surface area contributed by atoms with E-state index in [1.807, 2.05) is 12.4 Å². The third kappa shape index (κ3) is 3.23. The molecule has 2 atom stereocenters. The molecule has 0 radical (unpaired) electrons. The molecule has 0 aliphatic heterocycles. The zero-order chi connectivity index (χ0) is 12.3. The first-order chi connectivity index (χ1) is 8.24. The van der Waals surface area contributed by atoms with Gasteiger partial charge in [0.2, 0.25) is 0 Å². The monoisotopic (exact) mass is 235 g/mol. The number of aromatic nitrogens is 2. The van der Waals surface area contributed by atoms with Gasteiger partial charge in [-0.1, -0.05) is 6.92 Å². The SMILES string of the molecule is CCC(N)Cc1cnc(C(OC)C2CC2)nc1. The number of rotatable bonds is 6. The van der Waals surface area contributed by atoms with Gasteiger partial charge < -0.3 is 10.5 Å². The number of ether oxygens (including phenoxy) is 1. The number of nitrogens with zero attached hydrogens (tertiary/aromatic N) is 2. The van der Waals surface area contributed by atoms with Crippen molar-refractivity contribution in [2.75, 3.05) is 7.11 Å². The van der Waals surface area contributed by atoms with Crippen LogP contribution in [0.4, 0.5) is 0 Å². The predicted molar refractivity (Wildman–Crippen MR) is 66.5 cm³/mol. The predicted octanol–water partition coefficient (Wildman–Crippen LogP) is 1.85. The molecule has 1 heterocycles. The summed E-state index contributed by atoms with van der Waals surface area (Å²) < 4.78 is 5.45. The van der Waals surface area contributed by atoms with Crippen LogP contribution in [0.3, 0.4) is 0 Å². The highest BCUT2D eigenvalue weighted by molar-refractivity contribution is 5.09. The van der Waals surface area contributed by atoms with Crippen molar-refractivity contribution in [1.82, 2.24) is 9.97 Å². The van der Waals surface area contributed by atoms with Gasteiger partial charge in [0.1, 0.15) is 6.10 Å². The van der Waals surface area contributed by atoms with E-state index in [-0.39, 0.29) is 12.1 Å². The third-order valence-corrected chi connectivity index (χ3v) is 3.31. The molecule has 1 aromatic rings. The van der Waals surface area contributed by atoms with Crippen LogP contribution in [0.1, 0.15) is 43.7 Å². The Morgan fingerprint density at radius 2 is 2.06 bits per heavy atom. The lowest BCUT2D eigenvalue weighted by Gasteiger charge is -2.13. The van der Waals surface area contributed by atoms with Crippen LogP contribution in [0.2, 0.25) is 0 Å². The Bertz CT molecular complexity index is 348. The first-order valence-electron chi connectivity index (χ1n) is 6.33. The van der Waals surface area contributed by atoms with Crippen LogP contribution < -0.4 is 5.73 Å². The average Bonchev–Trinajstić information content (AvgIpc) is 3.16. The van der Waals surface area contributed by atoms with E-state index in [1.165, 1.54) is 12.8 Å². The van der Waals surface area contributed by atoms with Crippen LogP contribution in [-0.4, -0.2) is 23.1 Å². The fraction of sp³-hybridized carbons (Fsp3) is 0.692. The third-order valence-electron chi connectivity index (χ3n) is 3.31. The normalized spacial score (nSPS) is 19.0. The molecular weight excluding hydrogens is 214 g/mol. The summed E-state index contributed by atoms with van der Waals surface area (Å²) >= 11 is 0. The molecule has 94 valence electrons. The van der Waals surface area contributed by atoms with Crippen molar-refractivity contribution in [2.45, 2.75) is 44.8 Å². The summed E-state index contributed by atoms with van der Waals surface area (Å²) in [5.74, 6) is 1.42. The second-order valence-corrected chi connectivity index (χ2v) is 4.82. The van der Waals surface area contributed by atoms with Crippen LogP contribution in [0.15, 0.2) is 12.4 Å². The van der Waals surface area contributed by atoms with E-state index in [1.54, 1.807) is 7.11 Å². The number of hydrogen-bond donors (Lipinski definition) is 1. The van der Waals surface area contributed by atoms with Gasteiger partial charge in [0.05, 0.1) is 0 Å². The molecule has 4 heteroatoms. The summed E-state index contributed by atoms with van der Waals surface area (Å²) in [6.45, 7) is 2.09. The van der Waals surface area contributed by atoms with Gasteiger partial charge >= 0.3 is 0 Å².